The van der Waals surface area contributed by atoms with Gasteiger partial charge < -0.3 is 15.7 Å². The van der Waals surface area contributed by atoms with Crippen LogP contribution in [0.2, 0.25) is 5.02 Å². The van der Waals surface area contributed by atoms with Crippen molar-refractivity contribution in [3.8, 4) is 5.75 Å². The minimum atomic E-state index is -0.0285. The minimum Gasteiger partial charge on any atom is -0.492 e. The van der Waals surface area contributed by atoms with Gasteiger partial charge in [0.1, 0.15) is 5.75 Å². The molecule has 0 radical (unpaired) electrons. The summed E-state index contributed by atoms with van der Waals surface area (Å²) in [6.07, 6.45) is 3.69. The van der Waals surface area contributed by atoms with Crippen LogP contribution >= 0.6 is 11.6 Å². The summed E-state index contributed by atoms with van der Waals surface area (Å²) in [5, 5.41) is 12.1. The second kappa shape index (κ2) is 5.27. The quantitative estimate of drug-likeness (QED) is 0.376. The predicted octanol–water partition coefficient (Wildman–Crippen LogP) is 2.61. The molecule has 2 rings (SSSR count). The summed E-state index contributed by atoms with van der Waals surface area (Å²) in [6.45, 7) is 0.659. The molecule has 1 saturated carbocycles. The molecule has 0 heterocycles. The minimum absolute atomic E-state index is 0.0285. The molecule has 5 heteroatoms. The highest BCUT2D eigenvalue weighted by Gasteiger charge is 2.19. The first-order valence-corrected chi connectivity index (χ1v) is 5.99. The number of nitrogens with zero attached hydrogens (tertiary/aromatic N) is 1. The van der Waals surface area contributed by atoms with E-state index in [9.17, 15) is 0 Å². The summed E-state index contributed by atoms with van der Waals surface area (Å²) in [4.78, 5) is 0. The molecule has 4 nitrogen and oxygen atoms in total. The van der Waals surface area contributed by atoms with E-state index < -0.39 is 0 Å². The highest BCUT2D eigenvalue weighted by Crippen LogP contribution is 2.30. The second-order valence-corrected chi connectivity index (χ2v) is 4.61. The number of nitrogens with two attached hydrogens (primary N) is 1. The van der Waals surface area contributed by atoms with Crippen LogP contribution in [0.25, 0.3) is 0 Å². The highest BCUT2D eigenvalue weighted by atomic mass is 35.5. The maximum atomic E-state index is 8.72. The van der Waals surface area contributed by atoms with Crippen LogP contribution in [0.15, 0.2) is 23.4 Å². The molecule has 17 heavy (non-hydrogen) atoms. The van der Waals surface area contributed by atoms with Crippen LogP contribution in [0.4, 0.5) is 0 Å². The Morgan fingerprint density at radius 2 is 2.29 bits per heavy atom. The first kappa shape index (κ1) is 12.0. The van der Waals surface area contributed by atoms with E-state index in [1.165, 1.54) is 19.3 Å². The summed E-state index contributed by atoms with van der Waals surface area (Å²) in [7, 11) is 0. The Balaban J connectivity index is 2.16. The van der Waals surface area contributed by atoms with Crippen molar-refractivity contribution in [2.24, 2.45) is 16.8 Å². The van der Waals surface area contributed by atoms with E-state index in [0.717, 1.165) is 0 Å². The fraction of sp³-hybridized carbons (Fsp3) is 0.417. The van der Waals surface area contributed by atoms with Gasteiger partial charge in [-0.2, -0.15) is 0 Å². The molecular formula is C12H15ClN2O2. The third-order valence-electron chi connectivity index (χ3n) is 3.04. The summed E-state index contributed by atoms with van der Waals surface area (Å²) in [5.41, 5.74) is 6.04. The van der Waals surface area contributed by atoms with Crippen LogP contribution in [0.5, 0.6) is 5.75 Å². The van der Waals surface area contributed by atoms with Crippen LogP contribution in [-0.4, -0.2) is 17.6 Å². The van der Waals surface area contributed by atoms with Gasteiger partial charge >= 0.3 is 0 Å². The molecule has 0 unspecified atom stereocenters. The Kier molecular flexibility index (Phi) is 3.74. The lowest BCUT2D eigenvalue weighted by Crippen LogP contribution is -2.21. The molecule has 1 aromatic carbocycles. The van der Waals surface area contributed by atoms with Gasteiger partial charge in [0.05, 0.1) is 17.2 Å². The van der Waals surface area contributed by atoms with Gasteiger partial charge in [0.15, 0.2) is 5.84 Å². The number of rotatable bonds is 4. The molecule has 3 N–H and O–H groups in total. The van der Waals surface area contributed by atoms with E-state index in [-0.39, 0.29) is 5.84 Å². The molecule has 92 valence electrons. The van der Waals surface area contributed by atoms with Crippen molar-refractivity contribution >= 4 is 17.4 Å². The number of hydrogen-bond donors (Lipinski definition) is 2. The van der Waals surface area contributed by atoms with Gasteiger partial charge in [0.25, 0.3) is 0 Å². The zero-order chi connectivity index (χ0) is 12.3. The molecule has 1 aliphatic carbocycles. The first-order valence-electron chi connectivity index (χ1n) is 5.61. The molecule has 0 atom stereocenters. The van der Waals surface area contributed by atoms with E-state index in [1.54, 1.807) is 18.2 Å². The average molecular weight is 255 g/mol. The van der Waals surface area contributed by atoms with E-state index in [0.29, 0.717) is 28.9 Å². The lowest BCUT2D eigenvalue weighted by atomic mass is 9.86. The molecule has 1 aromatic rings. The van der Waals surface area contributed by atoms with Gasteiger partial charge in [-0.3, -0.25) is 0 Å². The molecule has 0 bridgehead atoms. The number of hydrogen-bond acceptors (Lipinski definition) is 3. The molecular weight excluding hydrogens is 240 g/mol. The SMILES string of the molecule is N/C(=N/O)c1c(Cl)cccc1OCC1CCC1. The Bertz CT molecular complexity index is 431. The lowest BCUT2D eigenvalue weighted by Gasteiger charge is -2.25. The second-order valence-electron chi connectivity index (χ2n) is 4.21. The maximum Gasteiger partial charge on any atom is 0.175 e. The van der Waals surface area contributed by atoms with Crippen LogP contribution in [0.3, 0.4) is 0 Å². The first-order chi connectivity index (χ1) is 8.22. The van der Waals surface area contributed by atoms with Crippen molar-refractivity contribution in [2.45, 2.75) is 19.3 Å². The Morgan fingerprint density at radius 3 is 2.88 bits per heavy atom. The smallest absolute Gasteiger partial charge is 0.175 e. The molecule has 0 spiro atoms. The topological polar surface area (TPSA) is 67.8 Å². The van der Waals surface area contributed by atoms with E-state index in [4.69, 9.17) is 27.3 Å². The van der Waals surface area contributed by atoms with Crippen molar-refractivity contribution in [1.29, 1.82) is 0 Å². The number of benzene rings is 1. The molecule has 0 aliphatic heterocycles. The standard InChI is InChI=1S/C12H15ClN2O2/c13-9-5-2-6-10(11(9)12(14)15-16)17-7-8-3-1-4-8/h2,5-6,8,16H,1,3-4,7H2,(H2,14,15). The fourth-order valence-corrected chi connectivity index (χ4v) is 2.05. The van der Waals surface area contributed by atoms with Crippen molar-refractivity contribution in [3.63, 3.8) is 0 Å². The van der Waals surface area contributed by atoms with Crippen LogP contribution in [0.1, 0.15) is 24.8 Å². The average Bonchev–Trinajstić information content (AvgIpc) is 2.26. The lowest BCUT2D eigenvalue weighted by molar-refractivity contribution is 0.180. The van der Waals surface area contributed by atoms with Crippen molar-refractivity contribution < 1.29 is 9.94 Å². The normalized spacial score (nSPS) is 16.6. The van der Waals surface area contributed by atoms with Crippen molar-refractivity contribution in [3.05, 3.63) is 28.8 Å². The van der Waals surface area contributed by atoms with Gasteiger partial charge in [0.2, 0.25) is 0 Å². The third-order valence-corrected chi connectivity index (χ3v) is 3.35. The number of oxime groups is 1. The summed E-state index contributed by atoms with van der Waals surface area (Å²) >= 11 is 6.01. The van der Waals surface area contributed by atoms with E-state index in [2.05, 4.69) is 5.16 Å². The van der Waals surface area contributed by atoms with E-state index in [1.807, 2.05) is 0 Å². The fourth-order valence-electron chi connectivity index (χ4n) is 1.79. The monoisotopic (exact) mass is 254 g/mol. The van der Waals surface area contributed by atoms with Crippen LogP contribution in [-0.2, 0) is 0 Å². The summed E-state index contributed by atoms with van der Waals surface area (Å²) in [5.74, 6) is 1.16. The Morgan fingerprint density at radius 1 is 1.53 bits per heavy atom. The molecule has 1 fully saturated rings. The Hall–Kier alpha value is -1.42. The van der Waals surface area contributed by atoms with Crippen LogP contribution in [0, 0.1) is 5.92 Å². The number of ether oxygens (including phenoxy) is 1. The largest absolute Gasteiger partial charge is 0.492 e. The zero-order valence-electron chi connectivity index (χ0n) is 9.40. The highest BCUT2D eigenvalue weighted by molar-refractivity contribution is 6.34. The summed E-state index contributed by atoms with van der Waals surface area (Å²) < 4.78 is 5.69. The third kappa shape index (κ3) is 2.64. The molecule has 0 saturated heterocycles. The van der Waals surface area contributed by atoms with Gasteiger partial charge in [0, 0.05) is 0 Å². The van der Waals surface area contributed by atoms with E-state index >= 15 is 0 Å². The number of amidine groups is 1. The molecule has 0 amide bonds. The number of halogens is 1. The summed E-state index contributed by atoms with van der Waals surface area (Å²) in [6, 6.07) is 5.25. The Labute approximate surface area is 105 Å². The zero-order valence-corrected chi connectivity index (χ0v) is 10.2. The van der Waals surface area contributed by atoms with Gasteiger partial charge in [-0.1, -0.05) is 29.2 Å². The van der Waals surface area contributed by atoms with Crippen molar-refractivity contribution in [2.75, 3.05) is 6.61 Å². The molecule has 1 aliphatic rings. The maximum absolute atomic E-state index is 8.72. The van der Waals surface area contributed by atoms with Gasteiger partial charge in [-0.25, -0.2) is 0 Å². The van der Waals surface area contributed by atoms with Crippen LogP contribution < -0.4 is 10.5 Å². The van der Waals surface area contributed by atoms with Gasteiger partial charge in [-0.05, 0) is 30.9 Å². The van der Waals surface area contributed by atoms with Crippen molar-refractivity contribution in [1.82, 2.24) is 0 Å². The molecule has 0 aromatic heterocycles. The van der Waals surface area contributed by atoms with Gasteiger partial charge in [-0.15, -0.1) is 0 Å². The predicted molar refractivity (Wildman–Crippen MR) is 66.8 cm³/mol.